The minimum absolute atomic E-state index is 0.355. The highest BCUT2D eigenvalue weighted by atomic mass is 79.9. The molecule has 4 nitrogen and oxygen atoms in total. The van der Waals surface area contributed by atoms with Crippen molar-refractivity contribution in [2.75, 3.05) is 26.2 Å². The Morgan fingerprint density at radius 1 is 1.09 bits per heavy atom. The number of thiophene rings is 1. The second-order valence-corrected chi connectivity index (χ2v) is 9.10. The summed E-state index contributed by atoms with van der Waals surface area (Å²) in [5, 5.41) is 2.07. The van der Waals surface area contributed by atoms with E-state index in [1.165, 1.54) is 4.88 Å². The molecule has 7 heteroatoms. The number of halogens is 1. The van der Waals surface area contributed by atoms with Crippen molar-refractivity contribution in [3.63, 3.8) is 0 Å². The molecule has 0 bridgehead atoms. The standard InChI is InChI=1S/C15H17BrN2O2S2/c16-13-3-1-5-15(11-13)22(19,20)18-8-6-17(7-9-18)12-14-4-2-10-21-14/h1-5,10-11H,6-9,12H2. The Morgan fingerprint density at radius 3 is 2.50 bits per heavy atom. The van der Waals surface area contributed by atoms with E-state index in [2.05, 4.69) is 32.3 Å². The summed E-state index contributed by atoms with van der Waals surface area (Å²) in [6, 6.07) is 11.1. The van der Waals surface area contributed by atoms with E-state index in [4.69, 9.17) is 0 Å². The first-order valence-electron chi connectivity index (χ1n) is 7.06. The number of rotatable bonds is 4. The van der Waals surface area contributed by atoms with Gasteiger partial charge in [0.2, 0.25) is 10.0 Å². The molecule has 0 unspecified atom stereocenters. The maximum absolute atomic E-state index is 12.7. The van der Waals surface area contributed by atoms with Gasteiger partial charge in [0.15, 0.2) is 0 Å². The molecular weight excluding hydrogens is 384 g/mol. The van der Waals surface area contributed by atoms with Crippen LogP contribution in [0.25, 0.3) is 0 Å². The third kappa shape index (κ3) is 3.60. The highest BCUT2D eigenvalue weighted by molar-refractivity contribution is 9.10. The van der Waals surface area contributed by atoms with Crippen LogP contribution in [0.5, 0.6) is 0 Å². The Morgan fingerprint density at radius 2 is 1.86 bits per heavy atom. The van der Waals surface area contributed by atoms with Crippen LogP contribution in [0.2, 0.25) is 0 Å². The summed E-state index contributed by atoms with van der Waals surface area (Å²) in [7, 11) is -3.39. The highest BCUT2D eigenvalue weighted by Gasteiger charge is 2.28. The molecule has 22 heavy (non-hydrogen) atoms. The zero-order valence-electron chi connectivity index (χ0n) is 12.0. The van der Waals surface area contributed by atoms with Gasteiger partial charge in [-0.3, -0.25) is 4.90 Å². The van der Waals surface area contributed by atoms with E-state index in [0.717, 1.165) is 24.1 Å². The van der Waals surface area contributed by atoms with Gasteiger partial charge in [-0.1, -0.05) is 28.1 Å². The van der Waals surface area contributed by atoms with Crippen LogP contribution in [0.3, 0.4) is 0 Å². The van der Waals surface area contributed by atoms with Crippen molar-refractivity contribution in [2.45, 2.75) is 11.4 Å². The third-order valence-corrected chi connectivity index (χ3v) is 6.97. The van der Waals surface area contributed by atoms with E-state index >= 15 is 0 Å². The van der Waals surface area contributed by atoms with E-state index in [0.29, 0.717) is 18.0 Å². The lowest BCUT2D eigenvalue weighted by Gasteiger charge is -2.33. The number of hydrogen-bond donors (Lipinski definition) is 0. The number of piperazine rings is 1. The predicted molar refractivity (Wildman–Crippen MR) is 92.5 cm³/mol. The molecule has 0 spiro atoms. The SMILES string of the molecule is O=S(=O)(c1cccc(Br)c1)N1CCN(Cc2cccs2)CC1. The molecule has 2 aromatic rings. The van der Waals surface area contributed by atoms with Crippen LogP contribution in [-0.2, 0) is 16.6 Å². The van der Waals surface area contributed by atoms with Gasteiger partial charge in [-0.25, -0.2) is 8.42 Å². The molecule has 3 rings (SSSR count). The van der Waals surface area contributed by atoms with Gasteiger partial charge in [-0.15, -0.1) is 11.3 Å². The van der Waals surface area contributed by atoms with Gasteiger partial charge in [0.1, 0.15) is 0 Å². The molecule has 0 N–H and O–H groups in total. The smallest absolute Gasteiger partial charge is 0.243 e. The van der Waals surface area contributed by atoms with Gasteiger partial charge in [-0.2, -0.15) is 4.31 Å². The molecule has 1 aromatic heterocycles. The lowest BCUT2D eigenvalue weighted by Crippen LogP contribution is -2.48. The van der Waals surface area contributed by atoms with Crippen LogP contribution in [0.1, 0.15) is 4.88 Å². The van der Waals surface area contributed by atoms with Gasteiger partial charge >= 0.3 is 0 Å². The van der Waals surface area contributed by atoms with Crippen molar-refractivity contribution in [1.29, 1.82) is 0 Å². The molecule has 0 atom stereocenters. The van der Waals surface area contributed by atoms with Crippen molar-refractivity contribution >= 4 is 37.3 Å². The lowest BCUT2D eigenvalue weighted by molar-refractivity contribution is 0.183. The summed E-state index contributed by atoms with van der Waals surface area (Å²) in [5.74, 6) is 0. The first-order valence-corrected chi connectivity index (χ1v) is 10.2. The lowest BCUT2D eigenvalue weighted by atomic mass is 10.3. The highest BCUT2D eigenvalue weighted by Crippen LogP contribution is 2.22. The van der Waals surface area contributed by atoms with Gasteiger partial charge < -0.3 is 0 Å². The van der Waals surface area contributed by atoms with E-state index in [-0.39, 0.29) is 0 Å². The zero-order chi connectivity index (χ0) is 15.6. The van der Waals surface area contributed by atoms with Crippen LogP contribution in [-0.4, -0.2) is 43.8 Å². The van der Waals surface area contributed by atoms with Crippen molar-refractivity contribution in [1.82, 2.24) is 9.21 Å². The molecule has 1 aliphatic rings. The van der Waals surface area contributed by atoms with Gasteiger partial charge in [0, 0.05) is 42.1 Å². The zero-order valence-corrected chi connectivity index (χ0v) is 15.2. The third-order valence-electron chi connectivity index (χ3n) is 3.72. The fourth-order valence-electron chi connectivity index (χ4n) is 2.53. The molecule has 0 saturated carbocycles. The fraction of sp³-hybridized carbons (Fsp3) is 0.333. The summed E-state index contributed by atoms with van der Waals surface area (Å²) in [4.78, 5) is 3.98. The van der Waals surface area contributed by atoms with Gasteiger partial charge in [0.25, 0.3) is 0 Å². The van der Waals surface area contributed by atoms with Crippen LogP contribution >= 0.6 is 27.3 Å². The normalized spacial score (nSPS) is 17.7. The number of nitrogens with zero attached hydrogens (tertiary/aromatic N) is 2. The number of benzene rings is 1. The molecule has 1 aromatic carbocycles. The van der Waals surface area contributed by atoms with Crippen LogP contribution in [0, 0.1) is 0 Å². The Bertz CT molecular complexity index is 724. The molecule has 0 amide bonds. The molecule has 1 fully saturated rings. The molecule has 1 aliphatic heterocycles. The average molecular weight is 401 g/mol. The van der Waals surface area contributed by atoms with Crippen LogP contribution in [0.4, 0.5) is 0 Å². The predicted octanol–water partition coefficient (Wildman–Crippen LogP) is 3.02. The first-order chi connectivity index (χ1) is 10.6. The Hall–Kier alpha value is -0.730. The molecule has 118 valence electrons. The number of hydrogen-bond acceptors (Lipinski definition) is 4. The second-order valence-electron chi connectivity index (χ2n) is 5.22. The molecule has 0 aliphatic carbocycles. The van der Waals surface area contributed by atoms with Crippen LogP contribution < -0.4 is 0 Å². The van der Waals surface area contributed by atoms with Crippen molar-refractivity contribution < 1.29 is 8.42 Å². The van der Waals surface area contributed by atoms with Crippen molar-refractivity contribution in [3.05, 3.63) is 51.1 Å². The Balaban J connectivity index is 1.65. The first kappa shape index (κ1) is 16.1. The summed E-state index contributed by atoms with van der Waals surface area (Å²) >= 11 is 5.07. The van der Waals surface area contributed by atoms with Crippen molar-refractivity contribution in [3.8, 4) is 0 Å². The largest absolute Gasteiger partial charge is 0.296 e. The van der Waals surface area contributed by atoms with Gasteiger partial charge in [0.05, 0.1) is 4.90 Å². The average Bonchev–Trinajstić information content (AvgIpc) is 3.01. The maximum Gasteiger partial charge on any atom is 0.243 e. The number of sulfonamides is 1. The fourth-order valence-corrected chi connectivity index (χ4v) is 5.29. The quantitative estimate of drug-likeness (QED) is 0.791. The summed E-state index contributed by atoms with van der Waals surface area (Å²) in [5.41, 5.74) is 0. The summed E-state index contributed by atoms with van der Waals surface area (Å²) < 4.78 is 27.7. The monoisotopic (exact) mass is 400 g/mol. The van der Waals surface area contributed by atoms with Crippen LogP contribution in [0.15, 0.2) is 51.1 Å². The minimum atomic E-state index is -3.39. The maximum atomic E-state index is 12.7. The minimum Gasteiger partial charge on any atom is -0.296 e. The van der Waals surface area contributed by atoms with E-state index in [9.17, 15) is 8.42 Å². The summed E-state index contributed by atoms with van der Waals surface area (Å²) in [6.07, 6.45) is 0. The van der Waals surface area contributed by atoms with E-state index in [1.807, 2.05) is 12.1 Å². The second kappa shape index (κ2) is 6.80. The van der Waals surface area contributed by atoms with E-state index < -0.39 is 10.0 Å². The molecule has 1 saturated heterocycles. The topological polar surface area (TPSA) is 40.6 Å². The van der Waals surface area contributed by atoms with Gasteiger partial charge in [-0.05, 0) is 29.6 Å². The Kier molecular flexibility index (Phi) is 4.99. The van der Waals surface area contributed by atoms with E-state index in [1.54, 1.807) is 33.8 Å². The van der Waals surface area contributed by atoms with Crippen molar-refractivity contribution in [2.24, 2.45) is 0 Å². The molecule has 2 heterocycles. The molecule has 0 radical (unpaired) electrons. The molecular formula is C15H17BrN2O2S2. The Labute approximate surface area is 143 Å². The summed E-state index contributed by atoms with van der Waals surface area (Å²) in [6.45, 7) is 3.53.